The first-order valence-corrected chi connectivity index (χ1v) is 16.8. The number of carbonyl (C=O) groups is 2. The maximum atomic E-state index is 14.1. The van der Waals surface area contributed by atoms with E-state index in [0.29, 0.717) is 42.1 Å². The monoisotopic (exact) mass is 656 g/mol. The summed E-state index contributed by atoms with van der Waals surface area (Å²) in [4.78, 5) is 29.3. The number of benzene rings is 2. The molecule has 2 aliphatic rings. The number of ketones is 2. The van der Waals surface area contributed by atoms with Crippen LogP contribution in [-0.4, -0.2) is 32.3 Å². The molecule has 4 aromatic rings. The minimum Gasteiger partial charge on any atom is -0.508 e. The molecule has 2 aliphatic heterocycles. The second kappa shape index (κ2) is 11.4. The molecule has 8 nitrogen and oxygen atoms in total. The van der Waals surface area contributed by atoms with E-state index in [1.165, 1.54) is 70.5 Å². The first kappa shape index (κ1) is 29.9. The smallest absolute Gasteiger partial charge is 0.187 e. The number of phenols is 2. The van der Waals surface area contributed by atoms with Crippen LogP contribution in [0.15, 0.2) is 69.7 Å². The quantitative estimate of drug-likeness (QED) is 0.167. The Balaban J connectivity index is 1.34. The number of nitrogens with two attached hydrogens (primary N) is 2. The first-order valence-electron chi connectivity index (χ1n) is 13.4. The molecule has 4 unspecified atom stereocenters. The number of nitriles is 2. The van der Waals surface area contributed by atoms with Crippen molar-refractivity contribution in [3.05, 3.63) is 102 Å². The third-order valence-corrected chi connectivity index (χ3v) is 13.1. The zero-order chi connectivity index (χ0) is 31.4. The predicted octanol–water partition coefficient (Wildman–Crippen LogP) is 6.54. The topological polar surface area (TPSA) is 174 Å². The standard InChI is InChI=1S/C32H24N4O4S4/c1-13-21-14(2)27(25(40)29-23(20(12-34)31(36)42-29)16-5-9-18(38)10-6-16)44-32(21)43-26(13)24(39)28-22(19(11-33)30(35)41-28)15-3-7-17(37)8-4-15/h3-10,22-23,28-29,37-38H,35-36H2,1-2H3. The minimum atomic E-state index is -0.651. The van der Waals surface area contributed by atoms with Gasteiger partial charge in [-0.05, 0) is 60.4 Å². The highest BCUT2D eigenvalue weighted by Crippen LogP contribution is 2.51. The van der Waals surface area contributed by atoms with E-state index in [1.54, 1.807) is 24.3 Å². The van der Waals surface area contributed by atoms with E-state index in [-0.39, 0.29) is 23.1 Å². The lowest BCUT2D eigenvalue weighted by atomic mass is 9.86. The predicted molar refractivity (Wildman–Crippen MR) is 176 cm³/mol. The summed E-state index contributed by atoms with van der Waals surface area (Å²) in [5, 5.41) is 39.4. The van der Waals surface area contributed by atoms with Gasteiger partial charge in [-0.2, -0.15) is 10.5 Å². The molecule has 0 bridgehead atoms. The van der Waals surface area contributed by atoms with Gasteiger partial charge in [0.05, 0.1) is 57.6 Å². The first-order chi connectivity index (χ1) is 21.0. The Morgan fingerprint density at radius 2 is 1.07 bits per heavy atom. The van der Waals surface area contributed by atoms with Gasteiger partial charge in [0.25, 0.3) is 0 Å². The Labute approximate surface area is 269 Å². The summed E-state index contributed by atoms with van der Waals surface area (Å²) in [5.41, 5.74) is 16.1. The molecule has 2 aromatic carbocycles. The summed E-state index contributed by atoms with van der Waals surface area (Å²) < 4.78 is 0.836. The largest absolute Gasteiger partial charge is 0.508 e. The van der Waals surface area contributed by atoms with Crippen molar-refractivity contribution >= 4 is 67.2 Å². The zero-order valence-corrected chi connectivity index (χ0v) is 26.6. The normalized spacial score (nSPS) is 21.5. The maximum absolute atomic E-state index is 14.1. The number of aryl methyl sites for hydroxylation is 2. The molecule has 0 radical (unpaired) electrons. The van der Waals surface area contributed by atoms with Crippen molar-refractivity contribution in [2.24, 2.45) is 11.5 Å². The Bertz CT molecular complexity index is 1870. The fraction of sp³-hybridized carbons (Fsp3) is 0.188. The van der Waals surface area contributed by atoms with Crippen LogP contribution in [0, 0.1) is 36.5 Å². The summed E-state index contributed by atoms with van der Waals surface area (Å²) in [6, 6.07) is 17.2. The number of aromatic hydroxyl groups is 2. The zero-order valence-electron chi connectivity index (χ0n) is 23.3. The molecule has 0 spiro atoms. The number of hydrogen-bond acceptors (Lipinski definition) is 12. The van der Waals surface area contributed by atoms with Crippen LogP contribution in [0.25, 0.3) is 9.40 Å². The van der Waals surface area contributed by atoms with Gasteiger partial charge >= 0.3 is 0 Å². The highest BCUT2D eigenvalue weighted by Gasteiger charge is 2.44. The van der Waals surface area contributed by atoms with Gasteiger partial charge in [0.2, 0.25) is 0 Å². The van der Waals surface area contributed by atoms with Crippen molar-refractivity contribution in [2.45, 2.75) is 36.2 Å². The van der Waals surface area contributed by atoms with Gasteiger partial charge in [0, 0.05) is 17.2 Å². The Kier molecular flexibility index (Phi) is 7.72. The van der Waals surface area contributed by atoms with Crippen LogP contribution >= 0.6 is 46.2 Å². The van der Waals surface area contributed by atoms with E-state index in [4.69, 9.17) is 11.5 Å². The van der Waals surface area contributed by atoms with Crippen LogP contribution in [0.1, 0.15) is 53.4 Å². The highest BCUT2D eigenvalue weighted by atomic mass is 32.2. The summed E-state index contributed by atoms with van der Waals surface area (Å²) in [6.07, 6.45) is 0. The average Bonchev–Trinajstić information content (AvgIpc) is 3.73. The van der Waals surface area contributed by atoms with Crippen molar-refractivity contribution in [1.29, 1.82) is 10.5 Å². The summed E-state index contributed by atoms with van der Waals surface area (Å²) in [6.45, 7) is 3.74. The van der Waals surface area contributed by atoms with Crippen molar-refractivity contribution in [2.75, 3.05) is 0 Å². The van der Waals surface area contributed by atoms with Gasteiger partial charge in [-0.1, -0.05) is 47.8 Å². The molecule has 4 heterocycles. The molecule has 6 rings (SSSR count). The van der Waals surface area contributed by atoms with Gasteiger partial charge in [-0.25, -0.2) is 0 Å². The SMILES string of the molecule is Cc1c(C(=O)C2SC(N)=C(C#N)C2c2ccc(O)cc2)sc2sc(C(=O)C3SC(N)=C(C#N)C3c3ccc(O)cc3)c(C)c12. The highest BCUT2D eigenvalue weighted by molar-refractivity contribution is 8.05. The molecule has 12 heteroatoms. The fourth-order valence-corrected chi connectivity index (χ4v) is 11.3. The summed E-state index contributed by atoms with van der Waals surface area (Å²) >= 11 is 5.01. The molecule has 0 saturated heterocycles. The van der Waals surface area contributed by atoms with E-state index < -0.39 is 22.3 Å². The lowest BCUT2D eigenvalue weighted by Crippen LogP contribution is -2.23. The number of thiophene rings is 2. The van der Waals surface area contributed by atoms with Crippen LogP contribution in [0.2, 0.25) is 0 Å². The molecule has 220 valence electrons. The number of phenolic OH excluding ortho intramolecular Hbond substituents is 2. The molecule has 0 fully saturated rings. The number of allylic oxidation sites excluding steroid dienone is 2. The van der Waals surface area contributed by atoms with E-state index in [0.717, 1.165) is 20.5 Å². The number of carbonyl (C=O) groups excluding carboxylic acids is 2. The van der Waals surface area contributed by atoms with Crippen molar-refractivity contribution < 1.29 is 19.8 Å². The molecular weight excluding hydrogens is 633 g/mol. The Hall–Kier alpha value is -4.20. The third-order valence-electron chi connectivity index (χ3n) is 8.00. The Morgan fingerprint density at radius 3 is 1.39 bits per heavy atom. The van der Waals surface area contributed by atoms with Crippen molar-refractivity contribution in [1.82, 2.24) is 0 Å². The molecule has 0 aliphatic carbocycles. The molecule has 0 amide bonds. The van der Waals surface area contributed by atoms with E-state index in [2.05, 4.69) is 12.1 Å². The minimum absolute atomic E-state index is 0.0839. The number of hydrogen-bond donors (Lipinski definition) is 4. The van der Waals surface area contributed by atoms with Crippen LogP contribution in [0.3, 0.4) is 0 Å². The summed E-state index contributed by atoms with van der Waals surface area (Å²) in [7, 11) is 0. The van der Waals surface area contributed by atoms with Crippen molar-refractivity contribution in [3.63, 3.8) is 0 Å². The average molecular weight is 657 g/mol. The fourth-order valence-electron chi connectivity index (χ4n) is 5.86. The van der Waals surface area contributed by atoms with Gasteiger partial charge in [-0.3, -0.25) is 9.59 Å². The van der Waals surface area contributed by atoms with Gasteiger partial charge in [0.1, 0.15) is 11.5 Å². The van der Waals surface area contributed by atoms with Gasteiger partial charge in [-0.15, -0.1) is 22.7 Å². The maximum Gasteiger partial charge on any atom is 0.187 e. The van der Waals surface area contributed by atoms with Crippen LogP contribution in [0.5, 0.6) is 11.5 Å². The molecule has 2 aromatic heterocycles. The van der Waals surface area contributed by atoms with Crippen LogP contribution in [0.4, 0.5) is 0 Å². The second-order valence-electron chi connectivity index (χ2n) is 10.5. The van der Waals surface area contributed by atoms with Crippen molar-refractivity contribution in [3.8, 4) is 23.6 Å². The lowest BCUT2D eigenvalue weighted by molar-refractivity contribution is 0.0981. The van der Waals surface area contributed by atoms with E-state index in [1.807, 2.05) is 13.8 Å². The number of thioether (sulfide) groups is 2. The second-order valence-corrected chi connectivity index (χ2v) is 15.2. The lowest BCUT2D eigenvalue weighted by Gasteiger charge is -2.19. The van der Waals surface area contributed by atoms with E-state index >= 15 is 0 Å². The number of fused-ring (bicyclic) bond motifs is 1. The molecule has 0 saturated carbocycles. The molecule has 44 heavy (non-hydrogen) atoms. The Morgan fingerprint density at radius 1 is 0.705 bits per heavy atom. The number of nitrogens with zero attached hydrogens (tertiary/aromatic N) is 2. The number of rotatable bonds is 6. The van der Waals surface area contributed by atoms with Gasteiger partial charge < -0.3 is 21.7 Å². The van der Waals surface area contributed by atoms with Gasteiger partial charge in [0.15, 0.2) is 11.6 Å². The number of Topliss-reactive ketones (excluding diaryl/α,β-unsaturated/α-hetero) is 2. The molecular formula is C32H24N4O4S4. The van der Waals surface area contributed by atoms with E-state index in [9.17, 15) is 30.3 Å². The molecule has 6 N–H and O–H groups in total. The van der Waals surface area contributed by atoms with Crippen LogP contribution in [-0.2, 0) is 0 Å². The van der Waals surface area contributed by atoms with Crippen LogP contribution < -0.4 is 11.5 Å². The summed E-state index contributed by atoms with van der Waals surface area (Å²) in [5.74, 6) is -1.23. The third kappa shape index (κ3) is 4.75. The molecule has 4 atom stereocenters.